The van der Waals surface area contributed by atoms with E-state index >= 15 is 0 Å². The molecule has 4 rings (SSSR count). The van der Waals surface area contributed by atoms with Gasteiger partial charge >= 0.3 is 6.18 Å². The molecule has 12 heteroatoms. The van der Waals surface area contributed by atoms with Crippen molar-refractivity contribution in [2.24, 2.45) is 0 Å². The highest BCUT2D eigenvalue weighted by Gasteiger charge is 2.34. The minimum absolute atomic E-state index is 0.0708. The summed E-state index contributed by atoms with van der Waals surface area (Å²) in [5, 5.41) is 9.10. The highest BCUT2D eigenvalue weighted by Crippen LogP contribution is 2.39. The van der Waals surface area contributed by atoms with E-state index in [1.807, 2.05) is 43.3 Å². The second-order valence-electron chi connectivity index (χ2n) is 8.85. The van der Waals surface area contributed by atoms with Crippen molar-refractivity contribution in [2.45, 2.75) is 22.6 Å². The van der Waals surface area contributed by atoms with Crippen LogP contribution in [0.15, 0.2) is 58.5 Å². The zero-order valence-electron chi connectivity index (χ0n) is 21.0. The van der Waals surface area contributed by atoms with Gasteiger partial charge < -0.3 is 19.4 Å². The smallest absolute Gasteiger partial charge is 0.417 e. The van der Waals surface area contributed by atoms with E-state index in [2.05, 4.69) is 9.97 Å². The van der Waals surface area contributed by atoms with Crippen molar-refractivity contribution in [3.63, 3.8) is 0 Å². The first-order valence-electron chi connectivity index (χ1n) is 11.6. The summed E-state index contributed by atoms with van der Waals surface area (Å²) in [7, 11) is 5.58. The van der Waals surface area contributed by atoms with Gasteiger partial charge in [-0.2, -0.15) is 23.4 Å². The lowest BCUT2D eigenvalue weighted by molar-refractivity contribution is -0.138. The van der Waals surface area contributed by atoms with Crippen LogP contribution in [0.2, 0.25) is 0 Å². The number of likely N-dealkylation sites (N-methyl/N-ethyl adjacent to an activating group) is 1. The molecular formula is C26H25F3N6O2S. The van der Waals surface area contributed by atoms with Crippen LogP contribution in [-0.4, -0.2) is 61.6 Å². The van der Waals surface area contributed by atoms with E-state index < -0.39 is 17.3 Å². The summed E-state index contributed by atoms with van der Waals surface area (Å²) in [4.78, 5) is 27.1. The number of piperazine rings is 1. The fourth-order valence-electron chi connectivity index (χ4n) is 3.72. The van der Waals surface area contributed by atoms with Gasteiger partial charge in [0.15, 0.2) is 0 Å². The third-order valence-electron chi connectivity index (χ3n) is 5.90. The standard InChI is InChI=1S/C26H25F3N6O2S/c1-33(2)19-6-4-5-17(11-19)16-37-24-22(14-31-25(32-24)35-10-9-34(3)23(36)15-35)38-20-8-7-18(13-30)21(12-20)26(27,28)29/h4-8,11-12,14H,9-10,15-16H2,1-3H3. The predicted molar refractivity (Wildman–Crippen MR) is 137 cm³/mol. The Morgan fingerprint density at radius 2 is 1.97 bits per heavy atom. The fraction of sp³-hybridized carbons (Fsp3) is 0.308. The number of halogens is 3. The van der Waals surface area contributed by atoms with Crippen molar-refractivity contribution >= 4 is 29.3 Å². The monoisotopic (exact) mass is 542 g/mol. The van der Waals surface area contributed by atoms with Crippen LogP contribution in [0, 0.1) is 11.3 Å². The van der Waals surface area contributed by atoms with Crippen LogP contribution < -0.4 is 14.5 Å². The number of hydrogen-bond donors (Lipinski definition) is 0. The van der Waals surface area contributed by atoms with Crippen LogP contribution >= 0.6 is 11.8 Å². The Balaban J connectivity index is 1.66. The van der Waals surface area contributed by atoms with Gasteiger partial charge in [0, 0.05) is 44.8 Å². The van der Waals surface area contributed by atoms with Crippen molar-refractivity contribution < 1.29 is 22.7 Å². The maximum atomic E-state index is 13.5. The van der Waals surface area contributed by atoms with Gasteiger partial charge in [0.25, 0.3) is 0 Å². The molecule has 1 aromatic heterocycles. The molecule has 3 aromatic rings. The second kappa shape index (κ2) is 11.2. The molecule has 0 spiro atoms. The average molecular weight is 543 g/mol. The van der Waals surface area contributed by atoms with Crippen molar-refractivity contribution in [1.29, 1.82) is 5.26 Å². The Morgan fingerprint density at radius 3 is 2.66 bits per heavy atom. The molecule has 2 aromatic carbocycles. The molecule has 1 saturated heterocycles. The number of nitriles is 1. The molecule has 38 heavy (non-hydrogen) atoms. The number of alkyl halides is 3. The average Bonchev–Trinajstić information content (AvgIpc) is 2.89. The Morgan fingerprint density at radius 1 is 1.18 bits per heavy atom. The zero-order chi connectivity index (χ0) is 27.4. The van der Waals surface area contributed by atoms with E-state index in [0.29, 0.717) is 23.9 Å². The number of carbonyl (C=O) groups excluding carboxylic acids is 1. The highest BCUT2D eigenvalue weighted by atomic mass is 32.2. The molecule has 0 unspecified atom stereocenters. The van der Waals surface area contributed by atoms with E-state index in [9.17, 15) is 18.0 Å². The van der Waals surface area contributed by atoms with Gasteiger partial charge in [0.05, 0.1) is 34.8 Å². The molecule has 2 heterocycles. The molecule has 0 saturated carbocycles. The van der Waals surface area contributed by atoms with E-state index in [-0.39, 0.29) is 29.8 Å². The number of anilines is 2. The topological polar surface area (TPSA) is 85.6 Å². The molecule has 1 aliphatic rings. The van der Waals surface area contributed by atoms with Crippen LogP contribution in [-0.2, 0) is 17.6 Å². The summed E-state index contributed by atoms with van der Waals surface area (Å²) in [6.45, 7) is 1.31. The fourth-order valence-corrected chi connectivity index (χ4v) is 4.59. The Kier molecular flexibility index (Phi) is 7.97. The first kappa shape index (κ1) is 27.1. The van der Waals surface area contributed by atoms with E-state index in [1.54, 1.807) is 22.9 Å². The van der Waals surface area contributed by atoms with Gasteiger partial charge in [-0.1, -0.05) is 23.9 Å². The predicted octanol–water partition coefficient (Wildman–Crippen LogP) is 4.44. The molecule has 1 fully saturated rings. The zero-order valence-corrected chi connectivity index (χ0v) is 21.8. The Hall–Kier alpha value is -3.98. The lowest BCUT2D eigenvalue weighted by atomic mass is 10.1. The van der Waals surface area contributed by atoms with Gasteiger partial charge in [-0.25, -0.2) is 4.98 Å². The first-order valence-corrected chi connectivity index (χ1v) is 12.4. The molecular weight excluding hydrogens is 517 g/mol. The maximum Gasteiger partial charge on any atom is 0.417 e. The van der Waals surface area contributed by atoms with Gasteiger partial charge in [0.2, 0.25) is 17.7 Å². The van der Waals surface area contributed by atoms with Crippen molar-refractivity contribution in [3.05, 3.63) is 65.4 Å². The van der Waals surface area contributed by atoms with Crippen LogP contribution in [0.25, 0.3) is 0 Å². The second-order valence-corrected chi connectivity index (χ2v) is 9.96. The summed E-state index contributed by atoms with van der Waals surface area (Å²) in [5.41, 5.74) is 0.393. The lowest BCUT2D eigenvalue weighted by Crippen LogP contribution is -2.49. The number of aromatic nitrogens is 2. The Bertz CT molecular complexity index is 1380. The maximum absolute atomic E-state index is 13.5. The molecule has 198 valence electrons. The summed E-state index contributed by atoms with van der Waals surface area (Å²) in [5.74, 6) is 0.404. The van der Waals surface area contributed by atoms with Gasteiger partial charge in [-0.15, -0.1) is 0 Å². The molecule has 1 amide bonds. The normalized spacial score (nSPS) is 13.9. The lowest BCUT2D eigenvalue weighted by Gasteiger charge is -2.32. The molecule has 0 aliphatic carbocycles. The Labute approximate surface area is 222 Å². The molecule has 0 N–H and O–H groups in total. The first-order chi connectivity index (χ1) is 18.0. The SMILES string of the molecule is CN1CCN(c2ncc(Sc3ccc(C#N)c(C(F)(F)F)c3)c(OCc3cccc(N(C)C)c3)n2)CC1=O. The minimum Gasteiger partial charge on any atom is -0.472 e. The number of amides is 1. The van der Waals surface area contributed by atoms with Crippen LogP contribution in [0.1, 0.15) is 16.7 Å². The van der Waals surface area contributed by atoms with E-state index in [4.69, 9.17) is 10.00 Å². The van der Waals surface area contributed by atoms with Crippen LogP contribution in [0.5, 0.6) is 5.88 Å². The van der Waals surface area contributed by atoms with Gasteiger partial charge in [-0.05, 0) is 35.9 Å². The van der Waals surface area contributed by atoms with Gasteiger partial charge in [0.1, 0.15) is 6.61 Å². The summed E-state index contributed by atoms with van der Waals surface area (Å²) in [6, 6.07) is 12.8. The molecule has 8 nitrogen and oxygen atoms in total. The number of nitrogens with zero attached hydrogens (tertiary/aromatic N) is 6. The van der Waals surface area contributed by atoms with Crippen molar-refractivity contribution in [3.8, 4) is 11.9 Å². The molecule has 1 aliphatic heterocycles. The number of benzene rings is 2. The number of ether oxygens (including phenoxy) is 1. The summed E-state index contributed by atoms with van der Waals surface area (Å²) in [6.07, 6.45) is -3.19. The molecule has 0 radical (unpaired) electrons. The van der Waals surface area contributed by atoms with Crippen LogP contribution in [0.4, 0.5) is 24.8 Å². The molecule has 0 bridgehead atoms. The highest BCUT2D eigenvalue weighted by molar-refractivity contribution is 7.99. The third kappa shape index (κ3) is 6.28. The van der Waals surface area contributed by atoms with Crippen molar-refractivity contribution in [2.75, 3.05) is 50.6 Å². The third-order valence-corrected chi connectivity index (χ3v) is 6.89. The van der Waals surface area contributed by atoms with E-state index in [1.165, 1.54) is 12.3 Å². The quantitative estimate of drug-likeness (QED) is 0.433. The molecule has 0 atom stereocenters. The van der Waals surface area contributed by atoms with Gasteiger partial charge in [-0.3, -0.25) is 4.79 Å². The number of carbonyl (C=O) groups is 1. The van der Waals surface area contributed by atoms with Crippen molar-refractivity contribution in [1.82, 2.24) is 14.9 Å². The summed E-state index contributed by atoms with van der Waals surface area (Å²) >= 11 is 1.00. The van der Waals surface area contributed by atoms with Crippen LogP contribution in [0.3, 0.4) is 0 Å². The number of hydrogen-bond acceptors (Lipinski definition) is 8. The van der Waals surface area contributed by atoms with E-state index in [0.717, 1.165) is 35.1 Å². The largest absolute Gasteiger partial charge is 0.472 e. The summed E-state index contributed by atoms with van der Waals surface area (Å²) < 4.78 is 46.6. The number of rotatable bonds is 7. The minimum atomic E-state index is -4.67.